The van der Waals surface area contributed by atoms with Crippen LogP contribution in [0.4, 0.5) is 23.1 Å². The smallest absolute Gasteiger partial charge is 0.254 e. The number of amides is 2. The van der Waals surface area contributed by atoms with E-state index in [9.17, 15) is 9.59 Å². The molecule has 9 nitrogen and oxygen atoms in total. The van der Waals surface area contributed by atoms with Gasteiger partial charge >= 0.3 is 0 Å². The van der Waals surface area contributed by atoms with E-state index in [-0.39, 0.29) is 24.1 Å². The third kappa shape index (κ3) is 5.17. The second kappa shape index (κ2) is 9.14. The molecule has 0 aliphatic heterocycles. The van der Waals surface area contributed by atoms with Crippen molar-refractivity contribution in [3.8, 4) is 0 Å². The summed E-state index contributed by atoms with van der Waals surface area (Å²) in [4.78, 5) is 32.0. The highest BCUT2D eigenvalue weighted by atomic mass is 16.5. The standard InChI is InChI=1S/C19H24N6O3/c1-28-11-16(26)22-13-7-4-8-14(9-13)24-19-21-10-15(17(20)27)18(25-19)23-12-5-2-3-6-12/h4,7-10,12H,2-3,5-6,11H2,1H3,(H2,20,27)(H,22,26)(H2,21,23,24,25). The molecule has 1 heterocycles. The molecule has 148 valence electrons. The Morgan fingerprint density at radius 3 is 2.71 bits per heavy atom. The number of nitrogens with zero attached hydrogens (tertiary/aromatic N) is 2. The van der Waals surface area contributed by atoms with Crippen LogP contribution in [0.3, 0.4) is 0 Å². The first-order valence-electron chi connectivity index (χ1n) is 9.14. The number of nitrogens with two attached hydrogens (primary N) is 1. The van der Waals surface area contributed by atoms with Crippen molar-refractivity contribution < 1.29 is 14.3 Å². The summed E-state index contributed by atoms with van der Waals surface area (Å²) in [5, 5.41) is 9.12. The van der Waals surface area contributed by atoms with Gasteiger partial charge in [0.1, 0.15) is 12.4 Å². The number of rotatable bonds is 8. The van der Waals surface area contributed by atoms with Crippen molar-refractivity contribution in [2.45, 2.75) is 31.7 Å². The van der Waals surface area contributed by atoms with E-state index >= 15 is 0 Å². The zero-order valence-corrected chi connectivity index (χ0v) is 15.7. The van der Waals surface area contributed by atoms with Crippen LogP contribution in [-0.4, -0.2) is 41.5 Å². The summed E-state index contributed by atoms with van der Waals surface area (Å²) < 4.78 is 4.81. The summed E-state index contributed by atoms with van der Waals surface area (Å²) in [5.74, 6) is -0.0630. The lowest BCUT2D eigenvalue weighted by atomic mass is 10.2. The van der Waals surface area contributed by atoms with Crippen LogP contribution in [0.1, 0.15) is 36.0 Å². The molecule has 2 amide bonds. The number of methoxy groups -OCH3 is 1. The maximum Gasteiger partial charge on any atom is 0.254 e. The van der Waals surface area contributed by atoms with Crippen LogP contribution in [0, 0.1) is 0 Å². The zero-order chi connectivity index (χ0) is 19.9. The maximum atomic E-state index is 11.7. The topological polar surface area (TPSA) is 131 Å². The maximum absolute atomic E-state index is 11.7. The Morgan fingerprint density at radius 2 is 2.00 bits per heavy atom. The average molecular weight is 384 g/mol. The second-order valence-electron chi connectivity index (χ2n) is 6.63. The molecule has 3 rings (SSSR count). The van der Waals surface area contributed by atoms with Gasteiger partial charge < -0.3 is 26.4 Å². The van der Waals surface area contributed by atoms with Gasteiger partial charge in [0.15, 0.2) is 0 Å². The number of hydrogen-bond donors (Lipinski definition) is 4. The zero-order valence-electron chi connectivity index (χ0n) is 15.7. The molecule has 0 saturated heterocycles. The Hall–Kier alpha value is -3.20. The number of hydrogen-bond acceptors (Lipinski definition) is 7. The first-order valence-corrected chi connectivity index (χ1v) is 9.14. The van der Waals surface area contributed by atoms with E-state index in [1.54, 1.807) is 18.2 Å². The Balaban J connectivity index is 1.76. The monoisotopic (exact) mass is 384 g/mol. The van der Waals surface area contributed by atoms with Crippen molar-refractivity contribution in [3.05, 3.63) is 36.0 Å². The molecule has 1 fully saturated rings. The molecule has 9 heteroatoms. The highest BCUT2D eigenvalue weighted by Gasteiger charge is 2.19. The van der Waals surface area contributed by atoms with Crippen LogP contribution in [0.2, 0.25) is 0 Å². The Kier molecular flexibility index (Phi) is 6.38. The molecule has 0 unspecified atom stereocenters. The molecule has 1 aromatic heterocycles. The summed E-state index contributed by atoms with van der Waals surface area (Å²) in [5.41, 5.74) is 7.02. The Labute approximate surface area is 163 Å². The summed E-state index contributed by atoms with van der Waals surface area (Å²) in [6.45, 7) is -0.0223. The van der Waals surface area contributed by atoms with Gasteiger partial charge in [0.25, 0.3) is 5.91 Å². The number of primary amides is 1. The van der Waals surface area contributed by atoms with Crippen LogP contribution < -0.4 is 21.7 Å². The van der Waals surface area contributed by atoms with Crippen LogP contribution in [0.25, 0.3) is 0 Å². The summed E-state index contributed by atoms with van der Waals surface area (Å²) in [7, 11) is 1.46. The van der Waals surface area contributed by atoms with Crippen LogP contribution in [0.15, 0.2) is 30.5 Å². The molecule has 5 N–H and O–H groups in total. The van der Waals surface area contributed by atoms with Gasteiger partial charge in [-0.05, 0) is 31.0 Å². The third-order valence-electron chi connectivity index (χ3n) is 4.43. The number of anilines is 4. The number of aromatic nitrogens is 2. The number of carbonyl (C=O) groups excluding carboxylic acids is 2. The molecule has 28 heavy (non-hydrogen) atoms. The second-order valence-corrected chi connectivity index (χ2v) is 6.63. The minimum Gasteiger partial charge on any atom is -0.375 e. The quantitative estimate of drug-likeness (QED) is 0.549. The van der Waals surface area contributed by atoms with Gasteiger partial charge in [-0.2, -0.15) is 4.98 Å². The SMILES string of the molecule is COCC(=O)Nc1cccc(Nc2ncc(C(N)=O)c(NC3CCCC3)n2)c1. The predicted molar refractivity (Wildman–Crippen MR) is 107 cm³/mol. The third-order valence-corrected chi connectivity index (χ3v) is 4.43. The van der Waals surface area contributed by atoms with E-state index in [2.05, 4.69) is 25.9 Å². The van der Waals surface area contributed by atoms with Gasteiger partial charge in [0, 0.05) is 30.7 Å². The van der Waals surface area contributed by atoms with Crippen molar-refractivity contribution in [1.29, 1.82) is 0 Å². The van der Waals surface area contributed by atoms with Crippen LogP contribution in [0.5, 0.6) is 0 Å². The molecule has 1 saturated carbocycles. The molecule has 1 aliphatic carbocycles. The molecule has 0 atom stereocenters. The first-order chi connectivity index (χ1) is 13.5. The highest BCUT2D eigenvalue weighted by Crippen LogP contribution is 2.25. The fourth-order valence-corrected chi connectivity index (χ4v) is 3.13. The number of carbonyl (C=O) groups is 2. The van der Waals surface area contributed by atoms with Crippen molar-refractivity contribution >= 4 is 35.0 Å². The van der Waals surface area contributed by atoms with Crippen LogP contribution >= 0.6 is 0 Å². The number of benzene rings is 1. The molecular formula is C19H24N6O3. The molecule has 0 bridgehead atoms. The number of nitrogens with one attached hydrogen (secondary N) is 3. The van der Waals surface area contributed by atoms with Gasteiger partial charge in [-0.3, -0.25) is 9.59 Å². The van der Waals surface area contributed by atoms with Gasteiger partial charge in [0.05, 0.1) is 5.56 Å². The van der Waals surface area contributed by atoms with Gasteiger partial charge in [-0.15, -0.1) is 0 Å². The van der Waals surface area contributed by atoms with Gasteiger partial charge in [-0.25, -0.2) is 4.98 Å². The lowest BCUT2D eigenvalue weighted by Gasteiger charge is -2.16. The van der Waals surface area contributed by atoms with Gasteiger partial charge in [-0.1, -0.05) is 18.9 Å². The van der Waals surface area contributed by atoms with Crippen molar-refractivity contribution in [2.24, 2.45) is 5.73 Å². The van der Waals surface area contributed by atoms with Crippen molar-refractivity contribution in [1.82, 2.24) is 9.97 Å². The average Bonchev–Trinajstić information content (AvgIpc) is 3.15. The Bertz CT molecular complexity index is 851. The molecule has 0 radical (unpaired) electrons. The van der Waals surface area contributed by atoms with E-state index < -0.39 is 5.91 Å². The van der Waals surface area contributed by atoms with E-state index in [1.807, 2.05) is 6.07 Å². The van der Waals surface area contributed by atoms with Crippen LogP contribution in [-0.2, 0) is 9.53 Å². The highest BCUT2D eigenvalue weighted by molar-refractivity contribution is 5.97. The largest absolute Gasteiger partial charge is 0.375 e. The van der Waals surface area contributed by atoms with E-state index in [0.29, 0.717) is 23.1 Å². The lowest BCUT2D eigenvalue weighted by Crippen LogP contribution is -2.21. The normalized spacial score (nSPS) is 13.9. The van der Waals surface area contributed by atoms with E-state index in [4.69, 9.17) is 10.5 Å². The summed E-state index contributed by atoms with van der Waals surface area (Å²) in [6.07, 6.45) is 5.80. The first kappa shape index (κ1) is 19.6. The predicted octanol–water partition coefficient (Wildman–Crippen LogP) is 2.26. The molecule has 1 aliphatic rings. The lowest BCUT2D eigenvalue weighted by molar-refractivity contribution is -0.119. The van der Waals surface area contributed by atoms with E-state index in [1.165, 1.54) is 13.3 Å². The fourth-order valence-electron chi connectivity index (χ4n) is 3.13. The summed E-state index contributed by atoms with van der Waals surface area (Å²) >= 11 is 0. The molecular weight excluding hydrogens is 360 g/mol. The minimum absolute atomic E-state index is 0.0223. The molecule has 2 aromatic rings. The van der Waals surface area contributed by atoms with E-state index in [0.717, 1.165) is 25.7 Å². The fraction of sp³-hybridized carbons (Fsp3) is 0.368. The Morgan fingerprint density at radius 1 is 1.25 bits per heavy atom. The minimum atomic E-state index is -0.574. The number of ether oxygens (including phenoxy) is 1. The van der Waals surface area contributed by atoms with Crippen molar-refractivity contribution in [2.75, 3.05) is 29.7 Å². The molecule has 1 aromatic carbocycles. The van der Waals surface area contributed by atoms with Crippen molar-refractivity contribution in [3.63, 3.8) is 0 Å². The molecule has 0 spiro atoms. The summed E-state index contributed by atoms with van der Waals surface area (Å²) in [6, 6.07) is 7.41. The van der Waals surface area contributed by atoms with Gasteiger partial charge in [0.2, 0.25) is 11.9 Å².